The summed E-state index contributed by atoms with van der Waals surface area (Å²) in [4.78, 5) is 54.7. The van der Waals surface area contributed by atoms with Crippen molar-refractivity contribution in [2.24, 2.45) is 5.92 Å². The number of nitrogens with zero attached hydrogens (tertiary/aromatic N) is 2. The van der Waals surface area contributed by atoms with Crippen LogP contribution in [0.4, 0.5) is 15.3 Å². The molecule has 200 valence electrons. The number of anilines is 1. The third-order valence-corrected chi connectivity index (χ3v) is 8.01. The van der Waals surface area contributed by atoms with Crippen molar-refractivity contribution in [2.75, 3.05) is 18.9 Å². The molecule has 0 radical (unpaired) electrons. The van der Waals surface area contributed by atoms with Crippen molar-refractivity contribution in [2.45, 2.75) is 64.1 Å². The van der Waals surface area contributed by atoms with E-state index in [1.807, 2.05) is 19.1 Å². The largest absolute Gasteiger partial charge is 0.427 e. The van der Waals surface area contributed by atoms with Crippen LogP contribution in [0.25, 0.3) is 0 Å². The van der Waals surface area contributed by atoms with Crippen LogP contribution < -0.4 is 10.6 Å². The van der Waals surface area contributed by atoms with Gasteiger partial charge in [0.15, 0.2) is 0 Å². The molecule has 2 N–H and O–H groups in total. The van der Waals surface area contributed by atoms with E-state index in [1.54, 1.807) is 23.1 Å². The molecule has 2 atom stereocenters. The number of rotatable bonds is 8. The predicted molar refractivity (Wildman–Crippen MR) is 141 cm³/mol. The first kappa shape index (κ1) is 25.8. The number of aryl methyl sites for hydroxylation is 2. The number of ether oxygens (including phenoxy) is 1. The second-order valence-electron chi connectivity index (χ2n) is 10.4. The standard InChI is InChI=1S/C29H34N4O5/c1-4-19-6-5-7-20(14-19)16-32(18(2)21-8-9-21)25(34)17-33-26(35)29(38-28(33)37)13-12-22-15-23(10-11-24(22)29)31-27(36)30-3/h5-7,10-11,14-15,18,21H,4,8-9,12-13,16-17H2,1-3H3,(H2,30,31,36)/t18-,29+/m0/s1. The maximum Gasteiger partial charge on any atom is 0.418 e. The van der Waals surface area contributed by atoms with Gasteiger partial charge in [-0.1, -0.05) is 37.3 Å². The predicted octanol–water partition coefficient (Wildman–Crippen LogP) is 3.95. The molecule has 1 saturated carbocycles. The van der Waals surface area contributed by atoms with E-state index in [0.29, 0.717) is 36.6 Å². The van der Waals surface area contributed by atoms with Gasteiger partial charge in [-0.15, -0.1) is 0 Å². The highest BCUT2D eigenvalue weighted by atomic mass is 16.6. The molecule has 5 rings (SSSR count). The van der Waals surface area contributed by atoms with E-state index in [-0.39, 0.29) is 24.5 Å². The van der Waals surface area contributed by atoms with Crippen LogP contribution in [0.3, 0.4) is 0 Å². The number of amides is 5. The van der Waals surface area contributed by atoms with Crippen molar-refractivity contribution < 1.29 is 23.9 Å². The summed E-state index contributed by atoms with van der Waals surface area (Å²) in [6.07, 6.45) is 3.06. The van der Waals surface area contributed by atoms with Crippen LogP contribution in [0.1, 0.15) is 55.4 Å². The van der Waals surface area contributed by atoms with Crippen LogP contribution in [0, 0.1) is 5.92 Å². The molecule has 0 unspecified atom stereocenters. The van der Waals surface area contributed by atoms with E-state index in [9.17, 15) is 19.2 Å². The van der Waals surface area contributed by atoms with Crippen LogP contribution in [0.15, 0.2) is 42.5 Å². The number of fused-ring (bicyclic) bond motifs is 2. The van der Waals surface area contributed by atoms with E-state index in [0.717, 1.165) is 35.3 Å². The van der Waals surface area contributed by atoms with Gasteiger partial charge in [0.05, 0.1) is 0 Å². The van der Waals surface area contributed by atoms with Gasteiger partial charge < -0.3 is 20.3 Å². The SMILES string of the molecule is CCc1cccc(CN(C(=O)CN2C(=O)O[C@@]3(CCc4cc(NC(=O)NC)ccc43)C2=O)[C@@H](C)C2CC2)c1. The zero-order chi connectivity index (χ0) is 27.0. The molecule has 1 aliphatic heterocycles. The molecule has 0 bridgehead atoms. The van der Waals surface area contributed by atoms with Gasteiger partial charge in [-0.25, -0.2) is 14.5 Å². The maximum absolute atomic E-state index is 13.7. The summed E-state index contributed by atoms with van der Waals surface area (Å²) in [5.41, 5.74) is 2.81. The summed E-state index contributed by atoms with van der Waals surface area (Å²) in [6, 6.07) is 13.0. The van der Waals surface area contributed by atoms with Gasteiger partial charge in [0.1, 0.15) is 6.54 Å². The third kappa shape index (κ3) is 4.73. The average Bonchev–Trinajstić information content (AvgIpc) is 3.67. The second kappa shape index (κ2) is 10.1. The normalized spacial score (nSPS) is 20.8. The van der Waals surface area contributed by atoms with E-state index >= 15 is 0 Å². The van der Waals surface area contributed by atoms with Crippen molar-refractivity contribution in [1.82, 2.24) is 15.1 Å². The van der Waals surface area contributed by atoms with Crippen LogP contribution >= 0.6 is 0 Å². The average molecular weight is 519 g/mol. The van der Waals surface area contributed by atoms with Gasteiger partial charge in [-0.05, 0) is 67.3 Å². The number of carbonyl (C=O) groups is 4. The Labute approximate surface area is 222 Å². The minimum atomic E-state index is -1.43. The van der Waals surface area contributed by atoms with Gasteiger partial charge in [0.25, 0.3) is 5.91 Å². The fourth-order valence-corrected chi connectivity index (χ4v) is 5.59. The van der Waals surface area contributed by atoms with Crippen molar-refractivity contribution in [3.63, 3.8) is 0 Å². The molecule has 2 aromatic rings. The number of hydrogen-bond donors (Lipinski definition) is 2. The third-order valence-electron chi connectivity index (χ3n) is 8.01. The maximum atomic E-state index is 13.7. The second-order valence-corrected chi connectivity index (χ2v) is 10.4. The minimum absolute atomic E-state index is 0.00826. The molecule has 0 aromatic heterocycles. The lowest BCUT2D eigenvalue weighted by Crippen LogP contribution is -2.47. The molecule has 1 spiro atoms. The lowest BCUT2D eigenvalue weighted by molar-refractivity contribution is -0.143. The van der Waals surface area contributed by atoms with Crippen molar-refractivity contribution in [3.8, 4) is 0 Å². The fourth-order valence-electron chi connectivity index (χ4n) is 5.59. The van der Waals surface area contributed by atoms with Crippen molar-refractivity contribution in [3.05, 3.63) is 64.7 Å². The topological polar surface area (TPSA) is 108 Å². The van der Waals surface area contributed by atoms with E-state index in [4.69, 9.17) is 4.74 Å². The highest BCUT2D eigenvalue weighted by Gasteiger charge is 2.58. The zero-order valence-electron chi connectivity index (χ0n) is 22.1. The Morgan fingerprint density at radius 3 is 2.63 bits per heavy atom. The van der Waals surface area contributed by atoms with Crippen LogP contribution in [-0.4, -0.2) is 53.4 Å². The lowest BCUT2D eigenvalue weighted by Gasteiger charge is -2.31. The molecule has 9 nitrogen and oxygen atoms in total. The molecular weight excluding hydrogens is 484 g/mol. The molecule has 9 heteroatoms. The van der Waals surface area contributed by atoms with E-state index < -0.39 is 17.6 Å². The van der Waals surface area contributed by atoms with Gasteiger partial charge in [-0.3, -0.25) is 9.59 Å². The summed E-state index contributed by atoms with van der Waals surface area (Å²) in [5, 5.41) is 5.22. The van der Waals surface area contributed by atoms with Gasteiger partial charge in [-0.2, -0.15) is 0 Å². The van der Waals surface area contributed by atoms with E-state index in [2.05, 4.69) is 29.7 Å². The Morgan fingerprint density at radius 1 is 1.16 bits per heavy atom. The lowest BCUT2D eigenvalue weighted by atomic mass is 9.94. The fraction of sp³-hybridized carbons (Fsp3) is 0.448. The Morgan fingerprint density at radius 2 is 1.92 bits per heavy atom. The molecule has 1 heterocycles. The summed E-state index contributed by atoms with van der Waals surface area (Å²) < 4.78 is 5.72. The number of nitrogens with one attached hydrogen (secondary N) is 2. The Kier molecular flexibility index (Phi) is 6.86. The number of benzene rings is 2. The molecule has 3 aliphatic rings. The smallest absolute Gasteiger partial charge is 0.418 e. The monoisotopic (exact) mass is 518 g/mol. The molecular formula is C29H34N4O5. The molecule has 5 amide bonds. The van der Waals surface area contributed by atoms with Gasteiger partial charge in [0, 0.05) is 37.3 Å². The summed E-state index contributed by atoms with van der Waals surface area (Å²) in [5.74, 6) is -0.342. The van der Waals surface area contributed by atoms with Crippen LogP contribution in [0.2, 0.25) is 0 Å². The molecule has 2 aliphatic carbocycles. The van der Waals surface area contributed by atoms with Crippen LogP contribution in [0.5, 0.6) is 0 Å². The van der Waals surface area contributed by atoms with E-state index in [1.165, 1.54) is 12.6 Å². The zero-order valence-corrected chi connectivity index (χ0v) is 22.1. The first-order valence-corrected chi connectivity index (χ1v) is 13.3. The molecule has 2 fully saturated rings. The quantitative estimate of drug-likeness (QED) is 0.550. The summed E-state index contributed by atoms with van der Waals surface area (Å²) in [7, 11) is 1.53. The van der Waals surface area contributed by atoms with Gasteiger partial charge >= 0.3 is 12.1 Å². The van der Waals surface area contributed by atoms with Crippen molar-refractivity contribution >= 4 is 29.6 Å². The number of hydrogen-bond acceptors (Lipinski definition) is 5. The highest BCUT2D eigenvalue weighted by molar-refractivity contribution is 6.06. The Bertz CT molecular complexity index is 1290. The Balaban J connectivity index is 1.35. The summed E-state index contributed by atoms with van der Waals surface area (Å²) in [6.45, 7) is 4.21. The van der Waals surface area contributed by atoms with Crippen LogP contribution in [-0.2, 0) is 39.3 Å². The molecule has 1 saturated heterocycles. The first-order valence-electron chi connectivity index (χ1n) is 13.3. The highest BCUT2D eigenvalue weighted by Crippen LogP contribution is 2.46. The number of urea groups is 1. The van der Waals surface area contributed by atoms with Crippen molar-refractivity contribution in [1.29, 1.82) is 0 Å². The summed E-state index contributed by atoms with van der Waals surface area (Å²) >= 11 is 0. The first-order chi connectivity index (χ1) is 18.3. The Hall–Kier alpha value is -3.88. The minimum Gasteiger partial charge on any atom is -0.427 e. The molecule has 38 heavy (non-hydrogen) atoms. The van der Waals surface area contributed by atoms with Gasteiger partial charge in [0.2, 0.25) is 11.5 Å². The molecule has 2 aromatic carbocycles. The number of carbonyl (C=O) groups excluding carboxylic acids is 4. The number of imide groups is 1.